The van der Waals surface area contributed by atoms with Crippen molar-refractivity contribution in [1.82, 2.24) is 10.7 Å². The van der Waals surface area contributed by atoms with Gasteiger partial charge in [0, 0.05) is 22.7 Å². The van der Waals surface area contributed by atoms with Crippen molar-refractivity contribution in [3.63, 3.8) is 0 Å². The van der Waals surface area contributed by atoms with Gasteiger partial charge in [-0.05, 0) is 30.7 Å². The van der Waals surface area contributed by atoms with Gasteiger partial charge in [-0.1, -0.05) is 65.7 Å². The van der Waals surface area contributed by atoms with Crippen molar-refractivity contribution in [3.8, 4) is 11.5 Å². The van der Waals surface area contributed by atoms with Gasteiger partial charge in [0.1, 0.15) is 6.61 Å². The standard InChI is InChI=1S/C25H24ClN3O4/c1-17-10-12-18(13-11-17)14-27-24(30)25(31)29-28-15-19-7-5-9-22(32-2)23(19)33-16-20-6-3-4-8-21(20)26/h3-13,15H,14,16H2,1-2H3,(H,27,30)(H,29,31)/b28-15-. The Morgan fingerprint density at radius 1 is 1.00 bits per heavy atom. The van der Waals surface area contributed by atoms with Crippen LogP contribution in [0.3, 0.4) is 0 Å². The molecule has 7 nitrogen and oxygen atoms in total. The number of nitrogens with one attached hydrogen (secondary N) is 2. The first kappa shape index (κ1) is 23.8. The Hall–Kier alpha value is -3.84. The second-order valence-electron chi connectivity index (χ2n) is 7.13. The highest BCUT2D eigenvalue weighted by molar-refractivity contribution is 6.35. The molecule has 2 amide bonds. The molecular weight excluding hydrogens is 442 g/mol. The molecule has 0 saturated heterocycles. The maximum atomic E-state index is 12.1. The van der Waals surface area contributed by atoms with E-state index in [1.54, 1.807) is 24.3 Å². The third-order valence-electron chi connectivity index (χ3n) is 4.71. The van der Waals surface area contributed by atoms with Gasteiger partial charge in [0.05, 0.1) is 13.3 Å². The molecule has 0 aliphatic heterocycles. The van der Waals surface area contributed by atoms with Gasteiger partial charge in [0.2, 0.25) is 0 Å². The van der Waals surface area contributed by atoms with E-state index < -0.39 is 11.8 Å². The van der Waals surface area contributed by atoms with Crippen LogP contribution in [0.15, 0.2) is 71.8 Å². The van der Waals surface area contributed by atoms with Crippen LogP contribution in [-0.4, -0.2) is 25.1 Å². The zero-order valence-electron chi connectivity index (χ0n) is 18.3. The number of nitrogens with zero attached hydrogens (tertiary/aromatic N) is 1. The number of hydrogen-bond acceptors (Lipinski definition) is 5. The van der Waals surface area contributed by atoms with Crippen molar-refractivity contribution < 1.29 is 19.1 Å². The number of hydrazone groups is 1. The fourth-order valence-electron chi connectivity index (χ4n) is 2.89. The Kier molecular flexibility index (Phi) is 8.43. The van der Waals surface area contributed by atoms with E-state index in [1.165, 1.54) is 13.3 Å². The van der Waals surface area contributed by atoms with Gasteiger partial charge in [-0.15, -0.1) is 0 Å². The summed E-state index contributed by atoms with van der Waals surface area (Å²) in [6.45, 7) is 2.43. The molecule has 0 aliphatic rings. The lowest BCUT2D eigenvalue weighted by atomic mass is 10.1. The minimum absolute atomic E-state index is 0.217. The van der Waals surface area contributed by atoms with Gasteiger partial charge >= 0.3 is 11.8 Å². The predicted molar refractivity (Wildman–Crippen MR) is 128 cm³/mol. The molecule has 0 saturated carbocycles. The lowest BCUT2D eigenvalue weighted by Gasteiger charge is -2.13. The lowest BCUT2D eigenvalue weighted by molar-refractivity contribution is -0.139. The molecule has 0 heterocycles. The van der Waals surface area contributed by atoms with Crippen LogP contribution in [0.25, 0.3) is 0 Å². The summed E-state index contributed by atoms with van der Waals surface area (Å²) in [5, 5.41) is 7.04. The van der Waals surface area contributed by atoms with Gasteiger partial charge in [-0.25, -0.2) is 5.43 Å². The monoisotopic (exact) mass is 465 g/mol. The van der Waals surface area contributed by atoms with E-state index in [1.807, 2.05) is 49.4 Å². The smallest absolute Gasteiger partial charge is 0.329 e. The fourth-order valence-corrected chi connectivity index (χ4v) is 3.09. The summed E-state index contributed by atoms with van der Waals surface area (Å²) >= 11 is 6.20. The Morgan fingerprint density at radius 2 is 1.76 bits per heavy atom. The van der Waals surface area contributed by atoms with Crippen LogP contribution in [0.4, 0.5) is 0 Å². The highest BCUT2D eigenvalue weighted by Crippen LogP contribution is 2.31. The molecule has 0 fully saturated rings. The number of rotatable bonds is 8. The third kappa shape index (κ3) is 6.82. The number of halogens is 1. The summed E-state index contributed by atoms with van der Waals surface area (Å²) < 4.78 is 11.3. The third-order valence-corrected chi connectivity index (χ3v) is 5.08. The Bertz CT molecular complexity index is 1150. The molecule has 0 bridgehead atoms. The number of amides is 2. The number of methoxy groups -OCH3 is 1. The first-order chi connectivity index (χ1) is 16.0. The topological polar surface area (TPSA) is 89.0 Å². The number of para-hydroxylation sites is 1. The van der Waals surface area contributed by atoms with E-state index in [4.69, 9.17) is 21.1 Å². The van der Waals surface area contributed by atoms with Gasteiger partial charge in [-0.3, -0.25) is 9.59 Å². The molecule has 3 aromatic carbocycles. The van der Waals surface area contributed by atoms with Crippen LogP contribution >= 0.6 is 11.6 Å². The predicted octanol–water partition coefficient (Wildman–Crippen LogP) is 4.00. The van der Waals surface area contributed by atoms with Gasteiger partial charge < -0.3 is 14.8 Å². The summed E-state index contributed by atoms with van der Waals surface area (Å²) in [4.78, 5) is 24.1. The summed E-state index contributed by atoms with van der Waals surface area (Å²) in [6, 6.07) is 20.3. The van der Waals surface area contributed by atoms with E-state index >= 15 is 0 Å². The normalized spacial score (nSPS) is 10.6. The Labute approximate surface area is 197 Å². The number of carbonyl (C=O) groups is 2. The van der Waals surface area contributed by atoms with E-state index in [0.717, 1.165) is 16.7 Å². The molecule has 0 atom stereocenters. The minimum Gasteiger partial charge on any atom is -0.493 e. The summed E-state index contributed by atoms with van der Waals surface area (Å²) in [6.07, 6.45) is 1.38. The molecule has 170 valence electrons. The molecule has 8 heteroatoms. The molecule has 2 N–H and O–H groups in total. The summed E-state index contributed by atoms with van der Waals surface area (Å²) in [7, 11) is 1.53. The number of aryl methyl sites for hydroxylation is 1. The SMILES string of the molecule is COc1cccc(/C=N\NC(=O)C(=O)NCc2ccc(C)cc2)c1OCc1ccccc1Cl. The maximum Gasteiger partial charge on any atom is 0.329 e. The second kappa shape index (κ2) is 11.7. The summed E-state index contributed by atoms with van der Waals surface area (Å²) in [5.41, 5.74) is 5.60. The fraction of sp³-hybridized carbons (Fsp3) is 0.160. The van der Waals surface area contributed by atoms with Gasteiger partial charge in [0.15, 0.2) is 11.5 Å². The van der Waals surface area contributed by atoms with Crippen molar-refractivity contribution in [1.29, 1.82) is 0 Å². The first-order valence-electron chi connectivity index (χ1n) is 10.2. The van der Waals surface area contributed by atoms with E-state index in [2.05, 4.69) is 15.8 Å². The quantitative estimate of drug-likeness (QED) is 0.299. The van der Waals surface area contributed by atoms with E-state index in [-0.39, 0.29) is 13.2 Å². The summed E-state index contributed by atoms with van der Waals surface area (Å²) in [5.74, 6) is -0.733. The number of benzene rings is 3. The molecule has 3 rings (SSSR count). The van der Waals surface area contributed by atoms with Crippen LogP contribution < -0.4 is 20.2 Å². The van der Waals surface area contributed by atoms with Gasteiger partial charge in [-0.2, -0.15) is 5.10 Å². The van der Waals surface area contributed by atoms with Crippen molar-refractivity contribution >= 4 is 29.6 Å². The van der Waals surface area contributed by atoms with Crippen LogP contribution in [0.1, 0.15) is 22.3 Å². The zero-order chi connectivity index (χ0) is 23.6. The van der Waals surface area contributed by atoms with Crippen molar-refractivity contribution in [3.05, 3.63) is 94.0 Å². The average Bonchev–Trinajstić information content (AvgIpc) is 2.83. The Balaban J connectivity index is 1.61. The van der Waals surface area contributed by atoms with Crippen LogP contribution in [0.5, 0.6) is 11.5 Å². The highest BCUT2D eigenvalue weighted by Gasteiger charge is 2.13. The van der Waals surface area contributed by atoms with E-state index in [0.29, 0.717) is 22.1 Å². The minimum atomic E-state index is -0.875. The van der Waals surface area contributed by atoms with Crippen molar-refractivity contribution in [2.45, 2.75) is 20.1 Å². The highest BCUT2D eigenvalue weighted by atomic mass is 35.5. The number of hydrogen-bond donors (Lipinski definition) is 2. The maximum absolute atomic E-state index is 12.1. The van der Waals surface area contributed by atoms with Crippen molar-refractivity contribution in [2.24, 2.45) is 5.10 Å². The molecule has 0 aliphatic carbocycles. The molecule has 0 spiro atoms. The van der Waals surface area contributed by atoms with Crippen LogP contribution in [0, 0.1) is 6.92 Å². The largest absolute Gasteiger partial charge is 0.493 e. The zero-order valence-corrected chi connectivity index (χ0v) is 19.1. The van der Waals surface area contributed by atoms with Crippen LogP contribution in [0.2, 0.25) is 5.02 Å². The van der Waals surface area contributed by atoms with Crippen LogP contribution in [-0.2, 0) is 22.7 Å². The number of ether oxygens (including phenoxy) is 2. The average molecular weight is 466 g/mol. The molecule has 0 radical (unpaired) electrons. The lowest BCUT2D eigenvalue weighted by Crippen LogP contribution is -2.37. The molecule has 0 unspecified atom stereocenters. The molecular formula is C25H24ClN3O4. The molecule has 33 heavy (non-hydrogen) atoms. The number of carbonyl (C=O) groups excluding carboxylic acids is 2. The van der Waals surface area contributed by atoms with Gasteiger partial charge in [0.25, 0.3) is 0 Å². The van der Waals surface area contributed by atoms with E-state index in [9.17, 15) is 9.59 Å². The first-order valence-corrected chi connectivity index (χ1v) is 10.6. The second-order valence-corrected chi connectivity index (χ2v) is 7.53. The Morgan fingerprint density at radius 3 is 2.48 bits per heavy atom. The van der Waals surface area contributed by atoms with Crippen molar-refractivity contribution in [2.75, 3.05) is 7.11 Å². The molecule has 0 aromatic heterocycles. The molecule has 3 aromatic rings.